The van der Waals surface area contributed by atoms with E-state index in [1.165, 1.54) is 0 Å². The fourth-order valence-electron chi connectivity index (χ4n) is 1.96. The first-order chi connectivity index (χ1) is 8.76. The van der Waals surface area contributed by atoms with Crippen LogP contribution in [0.1, 0.15) is 11.4 Å². The van der Waals surface area contributed by atoms with Crippen molar-refractivity contribution in [2.45, 2.75) is 13.5 Å². The number of aromatic nitrogens is 3. The van der Waals surface area contributed by atoms with Crippen LogP contribution in [-0.2, 0) is 6.61 Å². The van der Waals surface area contributed by atoms with Crippen LogP contribution in [0.2, 0.25) is 0 Å². The van der Waals surface area contributed by atoms with Gasteiger partial charge in [-0.3, -0.25) is 4.98 Å². The van der Waals surface area contributed by atoms with Crippen molar-refractivity contribution >= 4 is 10.9 Å². The van der Waals surface area contributed by atoms with E-state index in [0.717, 1.165) is 28.0 Å². The fourth-order valence-corrected chi connectivity index (χ4v) is 1.96. The predicted molar refractivity (Wildman–Crippen MR) is 70.0 cm³/mol. The first-order valence-corrected chi connectivity index (χ1v) is 5.79. The monoisotopic (exact) mass is 239 g/mol. The molecule has 0 spiro atoms. The molecule has 2 N–H and O–H groups in total. The number of aliphatic hydroxyl groups is 1. The average Bonchev–Trinajstić information content (AvgIpc) is 2.87. The third-order valence-electron chi connectivity index (χ3n) is 2.90. The van der Waals surface area contributed by atoms with E-state index in [1.807, 2.05) is 31.2 Å². The summed E-state index contributed by atoms with van der Waals surface area (Å²) in [7, 11) is 0. The third-order valence-corrected chi connectivity index (χ3v) is 2.90. The Bertz CT molecular complexity index is 703. The topological polar surface area (TPSA) is 61.8 Å². The Morgan fingerprint density at radius 3 is 2.89 bits per heavy atom. The summed E-state index contributed by atoms with van der Waals surface area (Å²) in [4.78, 5) is 11.8. The molecule has 0 unspecified atom stereocenters. The second-order valence-corrected chi connectivity index (χ2v) is 4.28. The van der Waals surface area contributed by atoms with Gasteiger partial charge < -0.3 is 10.1 Å². The van der Waals surface area contributed by atoms with Crippen molar-refractivity contribution in [3.05, 3.63) is 47.9 Å². The van der Waals surface area contributed by atoms with Gasteiger partial charge in [0.25, 0.3) is 0 Å². The summed E-state index contributed by atoms with van der Waals surface area (Å²) in [5.41, 5.74) is 3.70. The van der Waals surface area contributed by atoms with Crippen LogP contribution < -0.4 is 0 Å². The van der Waals surface area contributed by atoms with Gasteiger partial charge in [-0.25, -0.2) is 4.98 Å². The van der Waals surface area contributed by atoms with E-state index < -0.39 is 0 Å². The number of H-pyrrole nitrogens is 1. The molecule has 3 rings (SSSR count). The van der Waals surface area contributed by atoms with E-state index in [0.29, 0.717) is 5.69 Å². The molecule has 0 saturated heterocycles. The minimum Gasteiger partial charge on any atom is -0.390 e. The number of fused-ring (bicyclic) bond motifs is 1. The molecule has 0 fully saturated rings. The quantitative estimate of drug-likeness (QED) is 0.722. The van der Waals surface area contributed by atoms with Crippen molar-refractivity contribution < 1.29 is 5.11 Å². The fraction of sp³-hybridized carbons (Fsp3) is 0.143. The number of nitrogens with zero attached hydrogens (tertiary/aromatic N) is 2. The second kappa shape index (κ2) is 4.23. The van der Waals surface area contributed by atoms with Crippen LogP contribution in [-0.4, -0.2) is 20.1 Å². The molecule has 0 aliphatic rings. The highest BCUT2D eigenvalue weighted by Gasteiger charge is 2.04. The minimum absolute atomic E-state index is 0.0265. The molecule has 1 aromatic carbocycles. The van der Waals surface area contributed by atoms with Gasteiger partial charge in [-0.1, -0.05) is 6.07 Å². The summed E-state index contributed by atoms with van der Waals surface area (Å²) < 4.78 is 0. The van der Waals surface area contributed by atoms with Gasteiger partial charge in [0.2, 0.25) is 0 Å². The van der Waals surface area contributed by atoms with Crippen LogP contribution in [0.25, 0.3) is 22.3 Å². The van der Waals surface area contributed by atoms with E-state index in [2.05, 4.69) is 21.0 Å². The van der Waals surface area contributed by atoms with Crippen LogP contribution >= 0.6 is 0 Å². The van der Waals surface area contributed by atoms with Crippen molar-refractivity contribution in [2.24, 2.45) is 0 Å². The van der Waals surface area contributed by atoms with Gasteiger partial charge in [0.05, 0.1) is 24.0 Å². The summed E-state index contributed by atoms with van der Waals surface area (Å²) in [5, 5.41) is 10.1. The van der Waals surface area contributed by atoms with E-state index in [4.69, 9.17) is 5.11 Å². The van der Waals surface area contributed by atoms with Crippen molar-refractivity contribution in [1.29, 1.82) is 0 Å². The average molecular weight is 239 g/mol. The van der Waals surface area contributed by atoms with Gasteiger partial charge in [-0.2, -0.15) is 0 Å². The molecule has 2 aromatic heterocycles. The second-order valence-electron chi connectivity index (χ2n) is 4.28. The lowest BCUT2D eigenvalue weighted by Gasteiger charge is -2.01. The molecule has 0 aliphatic heterocycles. The SMILES string of the molecule is Cc1ccc2cc(-c3ncc(CO)[nH]3)ccc2n1. The van der Waals surface area contributed by atoms with Gasteiger partial charge in [0.1, 0.15) is 5.82 Å². The number of pyridine rings is 1. The lowest BCUT2D eigenvalue weighted by Crippen LogP contribution is -1.86. The number of imidazole rings is 1. The maximum absolute atomic E-state index is 9.02. The van der Waals surface area contributed by atoms with Gasteiger partial charge in [-0.05, 0) is 31.2 Å². The molecule has 4 nitrogen and oxygen atoms in total. The third kappa shape index (κ3) is 1.87. The Morgan fingerprint density at radius 1 is 1.22 bits per heavy atom. The smallest absolute Gasteiger partial charge is 0.137 e. The van der Waals surface area contributed by atoms with Gasteiger partial charge in [0.15, 0.2) is 0 Å². The number of aryl methyl sites for hydroxylation is 1. The molecule has 90 valence electrons. The largest absolute Gasteiger partial charge is 0.390 e. The first kappa shape index (κ1) is 10.9. The normalized spacial score (nSPS) is 11.0. The highest BCUT2D eigenvalue weighted by molar-refractivity contribution is 5.83. The first-order valence-electron chi connectivity index (χ1n) is 5.79. The van der Waals surface area contributed by atoms with Crippen molar-refractivity contribution in [2.75, 3.05) is 0 Å². The van der Waals surface area contributed by atoms with E-state index in [1.54, 1.807) is 6.20 Å². The molecule has 0 saturated carbocycles. The van der Waals surface area contributed by atoms with Crippen LogP contribution in [0.3, 0.4) is 0 Å². The summed E-state index contributed by atoms with van der Waals surface area (Å²) in [6.07, 6.45) is 1.65. The molecule has 4 heteroatoms. The highest BCUT2D eigenvalue weighted by Crippen LogP contribution is 2.21. The number of rotatable bonds is 2. The van der Waals surface area contributed by atoms with E-state index in [-0.39, 0.29) is 6.61 Å². The number of aliphatic hydroxyl groups excluding tert-OH is 1. The summed E-state index contributed by atoms with van der Waals surface area (Å²) in [6.45, 7) is 1.95. The molecule has 0 bridgehead atoms. The van der Waals surface area contributed by atoms with Crippen molar-refractivity contribution in [1.82, 2.24) is 15.0 Å². The Balaban J connectivity index is 2.10. The zero-order chi connectivity index (χ0) is 12.5. The minimum atomic E-state index is -0.0265. The number of nitrogens with one attached hydrogen (secondary N) is 1. The van der Waals surface area contributed by atoms with Crippen LogP contribution in [0.15, 0.2) is 36.5 Å². The van der Waals surface area contributed by atoms with Crippen LogP contribution in [0, 0.1) is 6.92 Å². The molecule has 0 amide bonds. The zero-order valence-electron chi connectivity index (χ0n) is 10.0. The molecule has 18 heavy (non-hydrogen) atoms. The maximum Gasteiger partial charge on any atom is 0.137 e. The van der Waals surface area contributed by atoms with E-state index >= 15 is 0 Å². The molecule has 0 aliphatic carbocycles. The van der Waals surface area contributed by atoms with Crippen molar-refractivity contribution in [3.8, 4) is 11.4 Å². The zero-order valence-corrected chi connectivity index (χ0v) is 10.0. The van der Waals surface area contributed by atoms with Gasteiger partial charge in [0, 0.05) is 16.6 Å². The molecule has 3 aromatic rings. The highest BCUT2D eigenvalue weighted by atomic mass is 16.3. The molecular formula is C14H13N3O. The molecule has 0 atom stereocenters. The number of benzene rings is 1. The Morgan fingerprint density at radius 2 is 2.11 bits per heavy atom. The molecular weight excluding hydrogens is 226 g/mol. The number of hydrogen-bond donors (Lipinski definition) is 2. The van der Waals surface area contributed by atoms with Crippen molar-refractivity contribution in [3.63, 3.8) is 0 Å². The Hall–Kier alpha value is -2.20. The Kier molecular flexibility index (Phi) is 2.57. The Labute approximate surface area is 104 Å². The van der Waals surface area contributed by atoms with Gasteiger partial charge >= 0.3 is 0 Å². The van der Waals surface area contributed by atoms with Crippen LogP contribution in [0.5, 0.6) is 0 Å². The predicted octanol–water partition coefficient (Wildman–Crippen LogP) is 2.43. The summed E-state index contributed by atoms with van der Waals surface area (Å²) in [5.74, 6) is 0.765. The molecule has 0 radical (unpaired) electrons. The number of aromatic amines is 1. The summed E-state index contributed by atoms with van der Waals surface area (Å²) in [6, 6.07) is 10.1. The lowest BCUT2D eigenvalue weighted by molar-refractivity contribution is 0.277. The van der Waals surface area contributed by atoms with Crippen LogP contribution in [0.4, 0.5) is 0 Å². The molecule has 2 heterocycles. The standard InChI is InChI=1S/C14H13N3O/c1-9-2-3-10-6-11(4-5-13(10)16-9)14-15-7-12(8-18)17-14/h2-7,18H,8H2,1H3,(H,15,17). The summed E-state index contributed by atoms with van der Waals surface area (Å²) >= 11 is 0. The van der Waals surface area contributed by atoms with E-state index in [9.17, 15) is 0 Å². The maximum atomic E-state index is 9.02. The number of hydrogen-bond acceptors (Lipinski definition) is 3. The lowest BCUT2D eigenvalue weighted by atomic mass is 10.1. The van der Waals surface area contributed by atoms with Gasteiger partial charge in [-0.15, -0.1) is 0 Å².